The highest BCUT2D eigenvalue weighted by Gasteiger charge is 2.18. The number of aliphatic carboxylic acids is 1. The summed E-state index contributed by atoms with van der Waals surface area (Å²) in [5.74, 6) is 0.998. The first-order valence-corrected chi connectivity index (χ1v) is 11.5. The highest BCUT2D eigenvalue weighted by molar-refractivity contribution is 14.1. The van der Waals surface area contributed by atoms with Crippen LogP contribution >= 0.6 is 56.9 Å². The topological polar surface area (TPSA) is 104 Å². The maximum atomic E-state index is 11.8. The molecule has 0 spiro atoms. The normalized spacial score (nSPS) is 11.3. The van der Waals surface area contributed by atoms with E-state index >= 15 is 0 Å². The third-order valence-electron chi connectivity index (χ3n) is 3.94. The summed E-state index contributed by atoms with van der Waals surface area (Å²) >= 11 is 5.16. The summed E-state index contributed by atoms with van der Waals surface area (Å²) < 4.78 is 23.3. The van der Waals surface area contributed by atoms with Crippen LogP contribution in [0.5, 0.6) is 17.2 Å². The summed E-state index contributed by atoms with van der Waals surface area (Å²) in [5, 5.41) is 17.7. The van der Waals surface area contributed by atoms with Crippen LogP contribution in [-0.2, 0) is 4.79 Å². The number of carbonyl (C=O) groups is 1. The maximum Gasteiger partial charge on any atom is 0.342 e. The van der Waals surface area contributed by atoms with Crippen LogP contribution in [0.15, 0.2) is 44.9 Å². The van der Waals surface area contributed by atoms with Crippen LogP contribution in [0.25, 0.3) is 17.5 Å². The lowest BCUT2D eigenvalue weighted by Gasteiger charge is -2.08. The minimum absolute atomic E-state index is 0.0372. The lowest BCUT2D eigenvalue weighted by atomic mass is 10.2. The quantitative estimate of drug-likeness (QED) is 0.198. The molecular formula is C20H16I2N2O6S. The van der Waals surface area contributed by atoms with Crippen LogP contribution in [0, 0.1) is 7.14 Å². The fourth-order valence-electron chi connectivity index (χ4n) is 2.54. The minimum atomic E-state index is -1.10. The van der Waals surface area contributed by atoms with Gasteiger partial charge in [0, 0.05) is 11.6 Å². The van der Waals surface area contributed by atoms with Gasteiger partial charge in [-0.15, -0.1) is 10.2 Å². The second-order valence-corrected chi connectivity index (χ2v) is 9.23. The SMILES string of the molecule is COc1cc(OC)cc(-c2nnc(S/C(=C\c3cc(I)c(OC)c(I)c3)C(=O)O)o2)c1. The molecule has 0 saturated heterocycles. The van der Waals surface area contributed by atoms with Gasteiger partial charge in [-0.2, -0.15) is 0 Å². The molecule has 3 aromatic rings. The molecule has 162 valence electrons. The minimum Gasteiger partial charge on any atom is -0.497 e. The lowest BCUT2D eigenvalue weighted by Crippen LogP contribution is -1.98. The van der Waals surface area contributed by atoms with Crippen molar-refractivity contribution in [2.75, 3.05) is 21.3 Å². The first-order valence-electron chi connectivity index (χ1n) is 8.57. The Hall–Kier alpha value is -2.00. The van der Waals surface area contributed by atoms with E-state index in [-0.39, 0.29) is 16.0 Å². The van der Waals surface area contributed by atoms with E-state index in [1.54, 1.807) is 45.6 Å². The molecule has 0 saturated carbocycles. The zero-order valence-corrected chi connectivity index (χ0v) is 21.6. The molecule has 0 aliphatic carbocycles. The average Bonchev–Trinajstić information content (AvgIpc) is 3.21. The molecule has 31 heavy (non-hydrogen) atoms. The van der Waals surface area contributed by atoms with E-state index < -0.39 is 5.97 Å². The van der Waals surface area contributed by atoms with Crippen LogP contribution < -0.4 is 14.2 Å². The third kappa shape index (κ3) is 5.83. The molecule has 1 aromatic heterocycles. The van der Waals surface area contributed by atoms with Crippen molar-refractivity contribution in [2.45, 2.75) is 5.22 Å². The van der Waals surface area contributed by atoms with Crippen molar-refractivity contribution in [1.29, 1.82) is 0 Å². The monoisotopic (exact) mass is 666 g/mol. The second-order valence-electron chi connectivity index (χ2n) is 5.91. The van der Waals surface area contributed by atoms with Gasteiger partial charge in [-0.3, -0.25) is 0 Å². The number of aromatic nitrogens is 2. The Morgan fingerprint density at radius 3 is 2.13 bits per heavy atom. The van der Waals surface area contributed by atoms with Crippen molar-refractivity contribution >= 4 is 69.0 Å². The van der Waals surface area contributed by atoms with Crippen molar-refractivity contribution in [3.05, 3.63) is 47.9 Å². The van der Waals surface area contributed by atoms with E-state index in [0.717, 1.165) is 30.2 Å². The van der Waals surface area contributed by atoms with E-state index in [9.17, 15) is 9.90 Å². The van der Waals surface area contributed by atoms with Gasteiger partial charge in [0.05, 0.1) is 28.5 Å². The molecule has 0 fully saturated rings. The molecule has 0 unspecified atom stereocenters. The third-order valence-corrected chi connectivity index (χ3v) is 6.39. The van der Waals surface area contributed by atoms with Crippen molar-refractivity contribution in [2.24, 2.45) is 0 Å². The largest absolute Gasteiger partial charge is 0.497 e. The second kappa shape index (κ2) is 10.5. The van der Waals surface area contributed by atoms with E-state index in [1.807, 2.05) is 12.1 Å². The average molecular weight is 666 g/mol. The summed E-state index contributed by atoms with van der Waals surface area (Å²) in [4.78, 5) is 11.8. The number of hydrogen-bond donors (Lipinski definition) is 1. The molecule has 3 rings (SSSR count). The molecular weight excluding hydrogens is 650 g/mol. The molecule has 1 heterocycles. The maximum absolute atomic E-state index is 11.8. The Bertz CT molecular complexity index is 1100. The van der Waals surface area contributed by atoms with Gasteiger partial charge in [0.15, 0.2) is 0 Å². The van der Waals surface area contributed by atoms with Crippen molar-refractivity contribution < 1.29 is 28.5 Å². The summed E-state index contributed by atoms with van der Waals surface area (Å²) in [7, 11) is 4.68. The van der Waals surface area contributed by atoms with Gasteiger partial charge in [0.1, 0.15) is 22.2 Å². The molecule has 2 aromatic carbocycles. The van der Waals surface area contributed by atoms with Gasteiger partial charge < -0.3 is 23.7 Å². The molecule has 0 bridgehead atoms. The molecule has 0 atom stereocenters. The molecule has 8 nitrogen and oxygen atoms in total. The van der Waals surface area contributed by atoms with Gasteiger partial charge in [-0.05, 0) is 92.8 Å². The summed E-state index contributed by atoms with van der Waals surface area (Å²) in [6.45, 7) is 0. The number of benzene rings is 2. The fourth-order valence-corrected chi connectivity index (χ4v) is 5.47. The van der Waals surface area contributed by atoms with Crippen molar-refractivity contribution in [3.63, 3.8) is 0 Å². The molecule has 0 aliphatic heterocycles. The number of carboxylic acid groups (broad SMARTS) is 1. The lowest BCUT2D eigenvalue weighted by molar-refractivity contribution is -0.131. The predicted molar refractivity (Wildman–Crippen MR) is 133 cm³/mol. The highest BCUT2D eigenvalue weighted by Crippen LogP contribution is 2.34. The smallest absolute Gasteiger partial charge is 0.342 e. The number of ether oxygens (including phenoxy) is 3. The number of thioether (sulfide) groups is 1. The Labute approximate surface area is 209 Å². The Morgan fingerprint density at radius 1 is 1.00 bits per heavy atom. The van der Waals surface area contributed by atoms with Gasteiger partial charge in [-0.1, -0.05) is 0 Å². The Kier molecular flexibility index (Phi) is 8.05. The molecule has 0 aliphatic rings. The number of halogens is 2. The fraction of sp³-hybridized carbons (Fsp3) is 0.150. The Morgan fingerprint density at radius 2 is 1.61 bits per heavy atom. The van der Waals surface area contributed by atoms with Gasteiger partial charge >= 0.3 is 5.97 Å². The first-order chi connectivity index (χ1) is 14.8. The van der Waals surface area contributed by atoms with Crippen LogP contribution in [0.1, 0.15) is 5.56 Å². The van der Waals surface area contributed by atoms with Gasteiger partial charge in [0.2, 0.25) is 5.89 Å². The van der Waals surface area contributed by atoms with Crippen LogP contribution in [0.4, 0.5) is 0 Å². The predicted octanol–water partition coefficient (Wildman–Crippen LogP) is 5.19. The molecule has 0 radical (unpaired) electrons. The van der Waals surface area contributed by atoms with E-state index in [0.29, 0.717) is 17.1 Å². The van der Waals surface area contributed by atoms with Crippen molar-refractivity contribution in [3.8, 4) is 28.7 Å². The Balaban J connectivity index is 1.90. The number of hydrogen-bond acceptors (Lipinski definition) is 8. The molecule has 11 heteroatoms. The summed E-state index contributed by atoms with van der Waals surface area (Å²) in [5.41, 5.74) is 1.31. The standard InChI is InChI=1S/C20H16I2N2O6S/c1-27-12-7-11(8-13(9-12)28-2)18-23-24-20(30-18)31-16(19(25)26)6-10-4-14(21)17(29-3)15(22)5-10/h4-9H,1-3H3,(H,25,26)/b16-6-. The van der Waals surface area contributed by atoms with E-state index in [2.05, 4.69) is 55.4 Å². The van der Waals surface area contributed by atoms with Gasteiger partial charge in [-0.25, -0.2) is 4.79 Å². The zero-order valence-electron chi connectivity index (χ0n) is 16.5. The number of rotatable bonds is 8. The number of nitrogens with zero attached hydrogens (tertiary/aromatic N) is 2. The molecule has 1 N–H and O–H groups in total. The van der Waals surface area contributed by atoms with Crippen LogP contribution in [-0.4, -0.2) is 42.6 Å². The van der Waals surface area contributed by atoms with E-state index in [1.165, 1.54) is 0 Å². The first kappa shape index (κ1) is 23.7. The van der Waals surface area contributed by atoms with Gasteiger partial charge in [0.25, 0.3) is 5.22 Å². The van der Waals surface area contributed by atoms with Crippen molar-refractivity contribution in [1.82, 2.24) is 10.2 Å². The molecule has 0 amide bonds. The zero-order chi connectivity index (χ0) is 22.5. The highest BCUT2D eigenvalue weighted by atomic mass is 127. The summed E-state index contributed by atoms with van der Waals surface area (Å²) in [6.07, 6.45) is 1.55. The number of carboxylic acids is 1. The van der Waals surface area contributed by atoms with Crippen LogP contribution in [0.2, 0.25) is 0 Å². The number of methoxy groups -OCH3 is 3. The van der Waals surface area contributed by atoms with Crippen LogP contribution in [0.3, 0.4) is 0 Å². The summed E-state index contributed by atoms with van der Waals surface area (Å²) in [6, 6.07) is 8.84. The van der Waals surface area contributed by atoms with E-state index in [4.69, 9.17) is 18.6 Å².